The molecule has 1 saturated heterocycles. The van der Waals surface area contributed by atoms with Crippen LogP contribution in [0.4, 0.5) is 0 Å². The number of amides is 1. The number of carbonyl (C=O) groups is 1. The summed E-state index contributed by atoms with van der Waals surface area (Å²) in [5.74, 6) is 0.136. The summed E-state index contributed by atoms with van der Waals surface area (Å²) < 4.78 is 4.08. The van der Waals surface area contributed by atoms with Gasteiger partial charge in [0.25, 0.3) is 5.91 Å². The fourth-order valence-corrected chi connectivity index (χ4v) is 3.91. The molecule has 0 aromatic carbocycles. The summed E-state index contributed by atoms with van der Waals surface area (Å²) in [6.45, 7) is 6.58. The molecule has 122 valence electrons. The van der Waals surface area contributed by atoms with Gasteiger partial charge in [0.1, 0.15) is 0 Å². The number of aryl methyl sites for hydroxylation is 3. The maximum atomic E-state index is 12.9. The van der Waals surface area contributed by atoms with E-state index in [1.807, 2.05) is 16.5 Å². The predicted molar refractivity (Wildman–Crippen MR) is 86.4 cm³/mol. The standard InChI is InChI=1S/C17H23N5O/c1-12-9-13(2)22(19-12)14-6-8-20(11-14)17(23)15-10-18-21-7-4-3-5-16(15)21/h9-10,14H,3-8,11H2,1-2H3/t14-/m1/s1. The molecule has 4 rings (SSSR count). The van der Waals surface area contributed by atoms with E-state index >= 15 is 0 Å². The Morgan fingerprint density at radius 1 is 1.26 bits per heavy atom. The zero-order valence-corrected chi connectivity index (χ0v) is 13.8. The van der Waals surface area contributed by atoms with E-state index < -0.39 is 0 Å². The number of fused-ring (bicyclic) bond motifs is 1. The molecule has 0 unspecified atom stereocenters. The summed E-state index contributed by atoms with van der Waals surface area (Å²) in [5, 5.41) is 8.98. The van der Waals surface area contributed by atoms with Crippen LogP contribution < -0.4 is 0 Å². The third-order valence-electron chi connectivity index (χ3n) is 5.05. The molecule has 0 spiro atoms. The Balaban J connectivity index is 1.52. The number of hydrogen-bond acceptors (Lipinski definition) is 3. The van der Waals surface area contributed by atoms with Crippen molar-refractivity contribution >= 4 is 5.91 Å². The molecule has 2 aromatic heterocycles. The summed E-state index contributed by atoms with van der Waals surface area (Å²) in [4.78, 5) is 14.9. The van der Waals surface area contributed by atoms with Crippen molar-refractivity contribution in [1.29, 1.82) is 0 Å². The van der Waals surface area contributed by atoms with Crippen molar-refractivity contribution in [3.05, 3.63) is 34.9 Å². The molecule has 4 heterocycles. The van der Waals surface area contributed by atoms with Crippen LogP contribution in [0.1, 0.15) is 52.7 Å². The number of rotatable bonds is 2. The second-order valence-corrected chi connectivity index (χ2v) is 6.75. The van der Waals surface area contributed by atoms with Gasteiger partial charge in [-0.2, -0.15) is 10.2 Å². The number of aromatic nitrogens is 4. The molecule has 2 aromatic rings. The second-order valence-electron chi connectivity index (χ2n) is 6.75. The van der Waals surface area contributed by atoms with Gasteiger partial charge in [0.05, 0.1) is 29.2 Å². The van der Waals surface area contributed by atoms with Crippen LogP contribution in [0.3, 0.4) is 0 Å². The highest BCUT2D eigenvalue weighted by Crippen LogP contribution is 2.26. The minimum Gasteiger partial charge on any atom is -0.336 e. The summed E-state index contributed by atoms with van der Waals surface area (Å²) in [6.07, 6.45) is 6.01. The van der Waals surface area contributed by atoms with E-state index in [9.17, 15) is 4.79 Å². The zero-order valence-electron chi connectivity index (χ0n) is 13.8. The molecule has 23 heavy (non-hydrogen) atoms. The maximum absolute atomic E-state index is 12.9. The lowest BCUT2D eigenvalue weighted by Gasteiger charge is -2.19. The van der Waals surface area contributed by atoms with Crippen molar-refractivity contribution in [2.45, 2.75) is 52.1 Å². The lowest BCUT2D eigenvalue weighted by Crippen LogP contribution is -2.30. The van der Waals surface area contributed by atoms with Gasteiger partial charge < -0.3 is 4.90 Å². The molecule has 0 saturated carbocycles. The van der Waals surface area contributed by atoms with Crippen LogP contribution in [0.15, 0.2) is 12.3 Å². The Labute approximate surface area is 136 Å². The first kappa shape index (κ1) is 14.5. The Morgan fingerprint density at radius 3 is 2.91 bits per heavy atom. The van der Waals surface area contributed by atoms with Gasteiger partial charge in [0, 0.05) is 25.3 Å². The van der Waals surface area contributed by atoms with Crippen LogP contribution in [0.5, 0.6) is 0 Å². The maximum Gasteiger partial charge on any atom is 0.257 e. The molecular formula is C17H23N5O. The summed E-state index contributed by atoms with van der Waals surface area (Å²) in [7, 11) is 0. The average Bonchev–Trinajstić information content (AvgIpc) is 3.24. The van der Waals surface area contributed by atoms with E-state index in [1.165, 1.54) is 5.69 Å². The summed E-state index contributed by atoms with van der Waals surface area (Å²) in [5.41, 5.74) is 4.14. The smallest absolute Gasteiger partial charge is 0.257 e. The zero-order chi connectivity index (χ0) is 16.0. The van der Waals surface area contributed by atoms with Crippen molar-refractivity contribution in [3.8, 4) is 0 Å². The minimum atomic E-state index is 0.136. The number of likely N-dealkylation sites (tertiary alicyclic amines) is 1. The molecule has 0 bridgehead atoms. The van der Waals surface area contributed by atoms with E-state index in [0.29, 0.717) is 6.04 Å². The van der Waals surface area contributed by atoms with Gasteiger partial charge >= 0.3 is 0 Å². The first-order valence-electron chi connectivity index (χ1n) is 8.50. The molecule has 1 amide bonds. The number of carbonyl (C=O) groups excluding carboxylic acids is 1. The highest BCUT2D eigenvalue weighted by molar-refractivity contribution is 5.95. The van der Waals surface area contributed by atoms with Crippen LogP contribution in [0.25, 0.3) is 0 Å². The van der Waals surface area contributed by atoms with Crippen molar-refractivity contribution in [3.63, 3.8) is 0 Å². The van der Waals surface area contributed by atoms with Gasteiger partial charge in [-0.3, -0.25) is 14.2 Å². The molecule has 6 heteroatoms. The van der Waals surface area contributed by atoms with E-state index in [1.54, 1.807) is 6.20 Å². The van der Waals surface area contributed by atoms with Crippen molar-refractivity contribution in [2.75, 3.05) is 13.1 Å². The van der Waals surface area contributed by atoms with Crippen LogP contribution in [0.2, 0.25) is 0 Å². The fraction of sp³-hybridized carbons (Fsp3) is 0.588. The quantitative estimate of drug-likeness (QED) is 0.853. The SMILES string of the molecule is Cc1cc(C)n([C@@H]2CCN(C(=O)c3cnn4c3CCCC4)C2)n1. The molecule has 0 N–H and O–H groups in total. The van der Waals surface area contributed by atoms with Gasteiger partial charge in [0.2, 0.25) is 0 Å². The van der Waals surface area contributed by atoms with Gasteiger partial charge in [-0.15, -0.1) is 0 Å². The normalized spacial score (nSPS) is 20.8. The third kappa shape index (κ3) is 2.46. The lowest BCUT2D eigenvalue weighted by atomic mass is 10.1. The number of hydrogen-bond donors (Lipinski definition) is 0. The largest absolute Gasteiger partial charge is 0.336 e. The lowest BCUT2D eigenvalue weighted by molar-refractivity contribution is 0.0785. The minimum absolute atomic E-state index is 0.136. The van der Waals surface area contributed by atoms with Crippen molar-refractivity contribution in [1.82, 2.24) is 24.5 Å². The second kappa shape index (κ2) is 5.51. The van der Waals surface area contributed by atoms with Crippen LogP contribution in [-0.2, 0) is 13.0 Å². The fourth-order valence-electron chi connectivity index (χ4n) is 3.91. The first-order valence-corrected chi connectivity index (χ1v) is 8.50. The topological polar surface area (TPSA) is 56.0 Å². The van der Waals surface area contributed by atoms with Gasteiger partial charge in [0.15, 0.2) is 0 Å². The van der Waals surface area contributed by atoms with Crippen LogP contribution >= 0.6 is 0 Å². The summed E-state index contributed by atoms with van der Waals surface area (Å²) >= 11 is 0. The Kier molecular flexibility index (Phi) is 3.47. The Bertz CT molecular complexity index is 744. The highest BCUT2D eigenvalue weighted by atomic mass is 16.2. The Morgan fingerprint density at radius 2 is 2.13 bits per heavy atom. The monoisotopic (exact) mass is 313 g/mol. The van der Waals surface area contributed by atoms with Crippen LogP contribution in [-0.4, -0.2) is 43.5 Å². The molecule has 2 aliphatic rings. The van der Waals surface area contributed by atoms with Crippen LogP contribution in [0, 0.1) is 13.8 Å². The van der Waals surface area contributed by atoms with E-state index in [4.69, 9.17) is 0 Å². The first-order chi connectivity index (χ1) is 11.1. The molecule has 0 aliphatic carbocycles. The van der Waals surface area contributed by atoms with Crippen molar-refractivity contribution in [2.24, 2.45) is 0 Å². The molecule has 1 fully saturated rings. The van der Waals surface area contributed by atoms with E-state index in [-0.39, 0.29) is 5.91 Å². The Hall–Kier alpha value is -2.11. The van der Waals surface area contributed by atoms with Gasteiger partial charge in [-0.1, -0.05) is 0 Å². The van der Waals surface area contributed by atoms with Crippen molar-refractivity contribution < 1.29 is 4.79 Å². The van der Waals surface area contributed by atoms with E-state index in [0.717, 1.165) is 62.3 Å². The molecule has 0 radical (unpaired) electrons. The average molecular weight is 313 g/mol. The molecule has 6 nitrogen and oxygen atoms in total. The number of nitrogens with zero attached hydrogens (tertiary/aromatic N) is 5. The van der Waals surface area contributed by atoms with E-state index in [2.05, 4.69) is 27.9 Å². The predicted octanol–water partition coefficient (Wildman–Crippen LogP) is 2.12. The molecule has 1 atom stereocenters. The van der Waals surface area contributed by atoms with Gasteiger partial charge in [-0.05, 0) is 45.6 Å². The molecule has 2 aliphatic heterocycles. The molecular weight excluding hydrogens is 290 g/mol. The summed E-state index contributed by atoms with van der Waals surface area (Å²) in [6, 6.07) is 2.39. The van der Waals surface area contributed by atoms with Gasteiger partial charge in [-0.25, -0.2) is 0 Å². The highest BCUT2D eigenvalue weighted by Gasteiger charge is 2.31. The third-order valence-corrected chi connectivity index (χ3v) is 5.05.